The fraction of sp³-hybridized carbons (Fsp3) is 0.154. The molecular formula is C13H11ClN2O3. The second-order valence-corrected chi connectivity index (χ2v) is 4.40. The average Bonchev–Trinajstić information content (AvgIpc) is 2.36. The minimum atomic E-state index is -1.13. The van der Waals surface area contributed by atoms with Crippen molar-refractivity contribution in [2.45, 2.75) is 13.8 Å². The van der Waals surface area contributed by atoms with Crippen molar-refractivity contribution in [1.29, 1.82) is 0 Å². The molecule has 0 aliphatic rings. The summed E-state index contributed by atoms with van der Waals surface area (Å²) in [5.41, 5.74) is 1.66. The fourth-order valence-corrected chi connectivity index (χ4v) is 1.67. The number of carboxylic acid groups (broad SMARTS) is 1. The topological polar surface area (TPSA) is 72.3 Å². The summed E-state index contributed by atoms with van der Waals surface area (Å²) < 4.78 is 5.50. The summed E-state index contributed by atoms with van der Waals surface area (Å²) >= 11 is 6.06. The number of hydrogen-bond acceptors (Lipinski definition) is 4. The van der Waals surface area contributed by atoms with Crippen LogP contribution in [0.25, 0.3) is 0 Å². The van der Waals surface area contributed by atoms with Gasteiger partial charge in [0.15, 0.2) is 5.69 Å². The first-order chi connectivity index (χ1) is 8.97. The van der Waals surface area contributed by atoms with Crippen molar-refractivity contribution in [3.8, 4) is 11.6 Å². The molecule has 5 nitrogen and oxygen atoms in total. The van der Waals surface area contributed by atoms with Gasteiger partial charge in [-0.3, -0.25) is 0 Å². The second kappa shape index (κ2) is 5.24. The molecule has 1 aromatic heterocycles. The van der Waals surface area contributed by atoms with Crippen molar-refractivity contribution in [2.24, 2.45) is 0 Å². The molecule has 19 heavy (non-hydrogen) atoms. The molecule has 0 saturated heterocycles. The molecule has 0 aliphatic heterocycles. The lowest BCUT2D eigenvalue weighted by molar-refractivity contribution is 0.0690. The van der Waals surface area contributed by atoms with E-state index >= 15 is 0 Å². The van der Waals surface area contributed by atoms with Crippen molar-refractivity contribution in [3.63, 3.8) is 0 Å². The molecule has 0 saturated carbocycles. The maximum atomic E-state index is 10.6. The molecule has 0 radical (unpaired) electrons. The van der Waals surface area contributed by atoms with Gasteiger partial charge in [0.2, 0.25) is 5.88 Å². The molecule has 1 heterocycles. The van der Waals surface area contributed by atoms with Gasteiger partial charge in [0, 0.05) is 5.02 Å². The fourth-order valence-electron chi connectivity index (χ4n) is 1.57. The number of nitrogens with zero attached hydrogens (tertiary/aromatic N) is 2. The minimum absolute atomic E-state index is 0.129. The van der Waals surface area contributed by atoms with E-state index < -0.39 is 5.97 Å². The number of aromatic carboxylic acids is 1. The van der Waals surface area contributed by atoms with E-state index in [0.717, 1.165) is 17.3 Å². The van der Waals surface area contributed by atoms with Gasteiger partial charge in [-0.15, -0.1) is 0 Å². The molecule has 2 rings (SSSR count). The SMILES string of the molecule is Cc1cc(Oc2cnc(C(=O)O)cn2)cc(C)c1Cl. The standard InChI is InChI=1S/C13H11ClN2O3/c1-7-3-9(4-8(2)12(7)14)19-11-6-15-10(5-16-11)13(17)18/h3-6H,1-2H3,(H,17,18). The van der Waals surface area contributed by atoms with Crippen LogP contribution >= 0.6 is 11.6 Å². The van der Waals surface area contributed by atoms with Gasteiger partial charge in [0.1, 0.15) is 5.75 Å². The predicted octanol–water partition coefficient (Wildman–Crippen LogP) is 3.24. The first-order valence-corrected chi connectivity index (χ1v) is 5.85. The number of carboxylic acids is 1. The van der Waals surface area contributed by atoms with E-state index in [0.29, 0.717) is 10.8 Å². The van der Waals surface area contributed by atoms with Crippen molar-refractivity contribution in [2.75, 3.05) is 0 Å². The van der Waals surface area contributed by atoms with Crippen LogP contribution in [-0.2, 0) is 0 Å². The van der Waals surface area contributed by atoms with Crippen LogP contribution in [0.2, 0.25) is 5.02 Å². The number of rotatable bonds is 3. The number of hydrogen-bond donors (Lipinski definition) is 1. The van der Waals surface area contributed by atoms with Gasteiger partial charge in [-0.1, -0.05) is 11.6 Å². The van der Waals surface area contributed by atoms with Crippen LogP contribution in [0.4, 0.5) is 0 Å². The Bertz CT molecular complexity index is 603. The molecular weight excluding hydrogens is 268 g/mol. The normalized spacial score (nSPS) is 10.3. The number of aromatic nitrogens is 2. The van der Waals surface area contributed by atoms with Crippen LogP contribution in [-0.4, -0.2) is 21.0 Å². The smallest absolute Gasteiger partial charge is 0.356 e. The first-order valence-electron chi connectivity index (χ1n) is 5.47. The number of halogens is 1. The third-order valence-electron chi connectivity index (χ3n) is 2.48. The van der Waals surface area contributed by atoms with E-state index in [1.165, 1.54) is 6.20 Å². The summed E-state index contributed by atoms with van der Waals surface area (Å²) in [5, 5.41) is 9.40. The minimum Gasteiger partial charge on any atom is -0.476 e. The van der Waals surface area contributed by atoms with Crippen LogP contribution in [0.5, 0.6) is 11.6 Å². The Morgan fingerprint density at radius 3 is 2.32 bits per heavy atom. The molecule has 0 spiro atoms. The predicted molar refractivity (Wildman–Crippen MR) is 70.0 cm³/mol. The van der Waals surface area contributed by atoms with Gasteiger partial charge in [-0.2, -0.15) is 0 Å². The van der Waals surface area contributed by atoms with E-state index in [-0.39, 0.29) is 11.6 Å². The number of carbonyl (C=O) groups is 1. The highest BCUT2D eigenvalue weighted by Gasteiger charge is 2.08. The molecule has 0 unspecified atom stereocenters. The summed E-state index contributed by atoms with van der Waals surface area (Å²) in [6, 6.07) is 3.56. The molecule has 0 aliphatic carbocycles. The molecule has 0 amide bonds. The Hall–Kier alpha value is -2.14. The third kappa shape index (κ3) is 3.00. The highest BCUT2D eigenvalue weighted by Crippen LogP contribution is 2.28. The lowest BCUT2D eigenvalue weighted by Gasteiger charge is -2.08. The van der Waals surface area contributed by atoms with Gasteiger partial charge in [-0.25, -0.2) is 14.8 Å². The van der Waals surface area contributed by atoms with Crippen molar-refractivity contribution in [3.05, 3.63) is 46.4 Å². The zero-order chi connectivity index (χ0) is 14.0. The Kier molecular flexibility index (Phi) is 3.66. The van der Waals surface area contributed by atoms with Crippen LogP contribution in [0.3, 0.4) is 0 Å². The molecule has 98 valence electrons. The zero-order valence-electron chi connectivity index (χ0n) is 10.3. The highest BCUT2D eigenvalue weighted by molar-refractivity contribution is 6.32. The molecule has 0 fully saturated rings. The Balaban J connectivity index is 2.24. The van der Waals surface area contributed by atoms with Gasteiger partial charge in [0.05, 0.1) is 12.4 Å². The van der Waals surface area contributed by atoms with Crippen LogP contribution in [0, 0.1) is 13.8 Å². The molecule has 0 atom stereocenters. The Labute approximate surface area is 114 Å². The summed E-state index contributed by atoms with van der Waals surface area (Å²) in [6.45, 7) is 3.75. The molecule has 6 heteroatoms. The average molecular weight is 279 g/mol. The van der Waals surface area contributed by atoms with Crippen molar-refractivity contribution in [1.82, 2.24) is 9.97 Å². The third-order valence-corrected chi connectivity index (χ3v) is 3.08. The lowest BCUT2D eigenvalue weighted by Crippen LogP contribution is -2.01. The maximum absolute atomic E-state index is 10.6. The Morgan fingerprint density at radius 2 is 1.84 bits per heavy atom. The monoisotopic (exact) mass is 278 g/mol. The van der Waals surface area contributed by atoms with E-state index in [2.05, 4.69) is 9.97 Å². The second-order valence-electron chi connectivity index (χ2n) is 4.02. The van der Waals surface area contributed by atoms with Crippen LogP contribution < -0.4 is 4.74 Å². The highest BCUT2D eigenvalue weighted by atomic mass is 35.5. The van der Waals surface area contributed by atoms with E-state index in [9.17, 15) is 4.79 Å². The first kappa shape index (κ1) is 13.3. The van der Waals surface area contributed by atoms with Crippen LogP contribution in [0.15, 0.2) is 24.5 Å². The van der Waals surface area contributed by atoms with E-state index in [1.54, 1.807) is 12.1 Å². The molecule has 1 N–H and O–H groups in total. The molecule has 2 aromatic rings. The quantitative estimate of drug-likeness (QED) is 0.933. The summed E-state index contributed by atoms with van der Waals surface area (Å²) in [7, 11) is 0. The van der Waals surface area contributed by atoms with Crippen LogP contribution in [0.1, 0.15) is 21.6 Å². The lowest BCUT2D eigenvalue weighted by atomic mass is 10.1. The number of benzene rings is 1. The van der Waals surface area contributed by atoms with E-state index in [1.807, 2.05) is 13.8 Å². The molecule has 1 aromatic carbocycles. The summed E-state index contributed by atoms with van der Waals surface area (Å²) in [5.74, 6) is -0.319. The van der Waals surface area contributed by atoms with Crippen molar-refractivity contribution < 1.29 is 14.6 Å². The zero-order valence-corrected chi connectivity index (χ0v) is 11.1. The van der Waals surface area contributed by atoms with Gasteiger partial charge in [-0.05, 0) is 37.1 Å². The van der Waals surface area contributed by atoms with Crippen molar-refractivity contribution >= 4 is 17.6 Å². The van der Waals surface area contributed by atoms with Gasteiger partial charge in [0.25, 0.3) is 0 Å². The number of ether oxygens (including phenoxy) is 1. The summed E-state index contributed by atoms with van der Waals surface area (Å²) in [6.07, 6.45) is 2.41. The Morgan fingerprint density at radius 1 is 1.21 bits per heavy atom. The maximum Gasteiger partial charge on any atom is 0.356 e. The number of aryl methyl sites for hydroxylation is 2. The van der Waals surface area contributed by atoms with Gasteiger partial charge < -0.3 is 9.84 Å². The summed E-state index contributed by atoms with van der Waals surface area (Å²) in [4.78, 5) is 18.2. The van der Waals surface area contributed by atoms with E-state index in [4.69, 9.17) is 21.4 Å². The largest absolute Gasteiger partial charge is 0.476 e. The molecule has 0 bridgehead atoms. The van der Waals surface area contributed by atoms with Gasteiger partial charge >= 0.3 is 5.97 Å².